The number of nitrogens with two attached hydrogens (primary N) is 1. The van der Waals surface area contributed by atoms with Gasteiger partial charge in [0.1, 0.15) is 11.6 Å². The van der Waals surface area contributed by atoms with E-state index in [-0.39, 0.29) is 5.82 Å². The van der Waals surface area contributed by atoms with Crippen LogP contribution in [0.15, 0.2) is 36.5 Å². The molecule has 1 aromatic heterocycles. The second-order valence-electron chi connectivity index (χ2n) is 3.54. The Bertz CT molecular complexity index is 604. The number of rotatable bonds is 3. The lowest BCUT2D eigenvalue weighted by Crippen LogP contribution is -2.11. The number of halogens is 2. The number of benzene rings is 1. The third kappa shape index (κ3) is 2.95. The van der Waals surface area contributed by atoms with Crippen molar-refractivity contribution in [2.45, 2.75) is 0 Å². The van der Waals surface area contributed by atoms with Gasteiger partial charge in [-0.15, -0.1) is 0 Å². The first-order chi connectivity index (χ1) is 8.56. The van der Waals surface area contributed by atoms with Gasteiger partial charge in [0.15, 0.2) is 0 Å². The summed E-state index contributed by atoms with van der Waals surface area (Å²) in [7, 11) is 0. The molecule has 0 radical (unpaired) electrons. The van der Waals surface area contributed by atoms with Gasteiger partial charge in [0, 0.05) is 15.3 Å². The molecule has 0 saturated heterocycles. The van der Waals surface area contributed by atoms with Crippen LogP contribution >= 0.6 is 22.6 Å². The van der Waals surface area contributed by atoms with E-state index >= 15 is 0 Å². The van der Waals surface area contributed by atoms with Crippen LogP contribution in [0.3, 0.4) is 0 Å². The Morgan fingerprint density at radius 3 is 2.78 bits per heavy atom. The number of nitrogens with one attached hydrogen (secondary N) is 1. The van der Waals surface area contributed by atoms with Gasteiger partial charge in [-0.05, 0) is 52.9 Å². The zero-order valence-electron chi connectivity index (χ0n) is 9.15. The molecule has 3 N–H and O–H groups in total. The Morgan fingerprint density at radius 1 is 1.33 bits per heavy atom. The van der Waals surface area contributed by atoms with Gasteiger partial charge < -0.3 is 11.1 Å². The van der Waals surface area contributed by atoms with Crippen LogP contribution in [0.2, 0.25) is 0 Å². The topological polar surface area (TPSA) is 68.0 Å². The molecule has 4 nitrogen and oxygen atoms in total. The highest BCUT2D eigenvalue weighted by molar-refractivity contribution is 14.1. The van der Waals surface area contributed by atoms with Crippen LogP contribution in [-0.4, -0.2) is 10.9 Å². The van der Waals surface area contributed by atoms with Crippen LogP contribution in [0.1, 0.15) is 10.4 Å². The third-order valence-corrected chi connectivity index (χ3v) is 2.91. The molecule has 2 rings (SSSR count). The maximum absolute atomic E-state index is 13.6. The first-order valence-corrected chi connectivity index (χ1v) is 6.12. The summed E-state index contributed by atoms with van der Waals surface area (Å²) in [5.74, 6) is -0.567. The minimum Gasteiger partial charge on any atom is -0.366 e. The lowest BCUT2D eigenvalue weighted by atomic mass is 10.2. The zero-order valence-corrected chi connectivity index (χ0v) is 11.3. The van der Waals surface area contributed by atoms with Crippen LogP contribution in [0.25, 0.3) is 0 Å². The smallest absolute Gasteiger partial charge is 0.248 e. The van der Waals surface area contributed by atoms with Crippen LogP contribution in [0.5, 0.6) is 0 Å². The Kier molecular flexibility index (Phi) is 3.75. The third-order valence-electron chi connectivity index (χ3n) is 2.24. The number of anilines is 2. The van der Waals surface area contributed by atoms with Crippen molar-refractivity contribution in [2.75, 3.05) is 5.32 Å². The van der Waals surface area contributed by atoms with Crippen molar-refractivity contribution >= 4 is 40.0 Å². The summed E-state index contributed by atoms with van der Waals surface area (Å²) in [5, 5.41) is 2.80. The number of hydrogen-bond acceptors (Lipinski definition) is 3. The molecule has 0 saturated carbocycles. The average Bonchev–Trinajstić information content (AvgIpc) is 2.33. The van der Waals surface area contributed by atoms with Gasteiger partial charge in [-0.2, -0.15) is 0 Å². The molecule has 2 aromatic rings. The van der Waals surface area contributed by atoms with E-state index in [1.54, 1.807) is 12.1 Å². The zero-order chi connectivity index (χ0) is 13.1. The molecular weight excluding hydrogens is 348 g/mol. The number of carbonyl (C=O) groups is 1. The lowest BCUT2D eigenvalue weighted by Gasteiger charge is -2.07. The number of primary amides is 1. The van der Waals surface area contributed by atoms with E-state index in [0.717, 1.165) is 3.57 Å². The van der Waals surface area contributed by atoms with Crippen molar-refractivity contribution in [2.24, 2.45) is 5.73 Å². The van der Waals surface area contributed by atoms with Crippen molar-refractivity contribution < 1.29 is 9.18 Å². The normalized spacial score (nSPS) is 10.1. The van der Waals surface area contributed by atoms with Gasteiger partial charge in [0.2, 0.25) is 5.91 Å². The standard InChI is InChI=1S/C12H9FIN3O/c13-9-6-8(14)1-2-10(9)17-11-5-7(12(15)18)3-4-16-11/h1-6H,(H2,15,18)(H,16,17). The van der Waals surface area contributed by atoms with Crippen molar-refractivity contribution in [3.05, 3.63) is 51.5 Å². The molecule has 0 bridgehead atoms. The summed E-state index contributed by atoms with van der Waals surface area (Å²) in [4.78, 5) is 15.0. The summed E-state index contributed by atoms with van der Waals surface area (Å²) in [6.45, 7) is 0. The van der Waals surface area contributed by atoms with E-state index in [4.69, 9.17) is 5.73 Å². The summed E-state index contributed by atoms with van der Waals surface area (Å²) in [5.41, 5.74) is 5.77. The molecule has 0 unspecified atom stereocenters. The Hall–Kier alpha value is -1.70. The molecule has 18 heavy (non-hydrogen) atoms. The molecule has 1 amide bonds. The van der Waals surface area contributed by atoms with Crippen LogP contribution in [-0.2, 0) is 0 Å². The number of amides is 1. The second-order valence-corrected chi connectivity index (χ2v) is 4.79. The van der Waals surface area contributed by atoms with Crippen molar-refractivity contribution in [1.29, 1.82) is 0 Å². The van der Waals surface area contributed by atoms with E-state index in [2.05, 4.69) is 10.3 Å². The summed E-state index contributed by atoms with van der Waals surface area (Å²) in [6.07, 6.45) is 1.44. The quantitative estimate of drug-likeness (QED) is 0.830. The summed E-state index contributed by atoms with van der Waals surface area (Å²) >= 11 is 2.02. The Morgan fingerprint density at radius 2 is 2.11 bits per heavy atom. The molecule has 1 heterocycles. The second kappa shape index (κ2) is 5.30. The van der Waals surface area contributed by atoms with Crippen molar-refractivity contribution in [3.63, 3.8) is 0 Å². The molecule has 1 aromatic carbocycles. The van der Waals surface area contributed by atoms with E-state index in [0.29, 0.717) is 17.1 Å². The lowest BCUT2D eigenvalue weighted by molar-refractivity contribution is 0.1000. The van der Waals surface area contributed by atoms with Gasteiger partial charge in [0.05, 0.1) is 5.69 Å². The van der Waals surface area contributed by atoms with Gasteiger partial charge in [0.25, 0.3) is 0 Å². The average molecular weight is 357 g/mol. The van der Waals surface area contributed by atoms with Crippen LogP contribution < -0.4 is 11.1 Å². The largest absolute Gasteiger partial charge is 0.366 e. The minimum absolute atomic E-state index is 0.296. The first-order valence-electron chi connectivity index (χ1n) is 5.04. The van der Waals surface area contributed by atoms with E-state index in [1.165, 1.54) is 24.4 Å². The Labute approximate surface area is 117 Å². The van der Waals surface area contributed by atoms with Crippen LogP contribution in [0.4, 0.5) is 15.9 Å². The first kappa shape index (κ1) is 12.7. The highest BCUT2D eigenvalue weighted by Crippen LogP contribution is 2.20. The predicted molar refractivity (Wildman–Crippen MR) is 75.2 cm³/mol. The molecular formula is C12H9FIN3O. The molecule has 0 aliphatic carbocycles. The van der Waals surface area contributed by atoms with E-state index in [9.17, 15) is 9.18 Å². The number of aromatic nitrogens is 1. The van der Waals surface area contributed by atoms with E-state index in [1.807, 2.05) is 22.6 Å². The number of pyridine rings is 1. The molecule has 0 atom stereocenters. The van der Waals surface area contributed by atoms with Crippen molar-refractivity contribution in [1.82, 2.24) is 4.98 Å². The van der Waals surface area contributed by atoms with Crippen LogP contribution in [0, 0.1) is 9.39 Å². The highest BCUT2D eigenvalue weighted by Gasteiger charge is 2.06. The number of hydrogen-bond donors (Lipinski definition) is 2. The Balaban J connectivity index is 2.28. The number of nitrogens with zero attached hydrogens (tertiary/aromatic N) is 1. The molecule has 0 fully saturated rings. The maximum Gasteiger partial charge on any atom is 0.248 e. The van der Waals surface area contributed by atoms with Gasteiger partial charge in [-0.25, -0.2) is 9.37 Å². The number of carbonyl (C=O) groups excluding carboxylic acids is 1. The fourth-order valence-corrected chi connectivity index (χ4v) is 1.83. The van der Waals surface area contributed by atoms with Crippen molar-refractivity contribution in [3.8, 4) is 0 Å². The van der Waals surface area contributed by atoms with Gasteiger partial charge in [-0.3, -0.25) is 4.79 Å². The molecule has 6 heteroatoms. The SMILES string of the molecule is NC(=O)c1ccnc(Nc2ccc(I)cc2F)c1. The molecule has 0 aliphatic heterocycles. The maximum atomic E-state index is 13.6. The summed E-state index contributed by atoms with van der Waals surface area (Å²) in [6, 6.07) is 7.75. The molecule has 92 valence electrons. The predicted octanol–water partition coefficient (Wildman–Crippen LogP) is 2.67. The monoisotopic (exact) mass is 357 g/mol. The van der Waals surface area contributed by atoms with E-state index < -0.39 is 5.91 Å². The molecule has 0 aliphatic rings. The van der Waals surface area contributed by atoms with Gasteiger partial charge >= 0.3 is 0 Å². The summed E-state index contributed by atoms with van der Waals surface area (Å²) < 4.78 is 14.4. The molecule has 0 spiro atoms. The fraction of sp³-hybridized carbons (Fsp3) is 0. The fourth-order valence-electron chi connectivity index (χ4n) is 1.38. The van der Waals surface area contributed by atoms with Gasteiger partial charge in [-0.1, -0.05) is 0 Å². The minimum atomic E-state index is -0.552. The highest BCUT2D eigenvalue weighted by atomic mass is 127.